The van der Waals surface area contributed by atoms with E-state index in [0.29, 0.717) is 5.92 Å². The second-order valence-electron chi connectivity index (χ2n) is 4.61. The summed E-state index contributed by atoms with van der Waals surface area (Å²) in [4.78, 5) is 0. The minimum Gasteiger partial charge on any atom is -0.346 e. The van der Waals surface area contributed by atoms with Gasteiger partial charge in [-0.15, -0.1) is 0 Å². The van der Waals surface area contributed by atoms with Gasteiger partial charge >= 0.3 is 0 Å². The van der Waals surface area contributed by atoms with Crippen molar-refractivity contribution in [3.05, 3.63) is 34.2 Å². The van der Waals surface area contributed by atoms with Crippen molar-refractivity contribution < 1.29 is 4.39 Å². The summed E-state index contributed by atoms with van der Waals surface area (Å²) in [6.07, 6.45) is 1.14. The van der Waals surface area contributed by atoms with E-state index in [2.05, 4.69) is 25.8 Å². The topological polar surface area (TPSA) is 17.0 Å². The molecule has 1 N–H and O–H groups in total. The lowest BCUT2D eigenvalue weighted by Crippen LogP contribution is -2.10. The van der Waals surface area contributed by atoms with Crippen molar-refractivity contribution in [3.63, 3.8) is 0 Å². The first kappa shape index (κ1) is 11.2. The van der Waals surface area contributed by atoms with E-state index in [9.17, 15) is 4.39 Å². The molecule has 0 radical (unpaired) electrons. The summed E-state index contributed by atoms with van der Waals surface area (Å²) in [6, 6.07) is 4.97. The van der Waals surface area contributed by atoms with Crippen molar-refractivity contribution in [2.75, 3.05) is 13.1 Å². The van der Waals surface area contributed by atoms with Gasteiger partial charge in [-0.1, -0.05) is 0 Å². The molecule has 0 amide bonds. The van der Waals surface area contributed by atoms with Gasteiger partial charge < -0.3 is 9.88 Å². The Hall–Kier alpha value is -0.870. The fourth-order valence-corrected chi connectivity index (χ4v) is 3.65. The Labute approximate surface area is 108 Å². The third kappa shape index (κ3) is 1.70. The van der Waals surface area contributed by atoms with E-state index in [1.165, 1.54) is 11.8 Å². The molecule has 1 fully saturated rings. The molecule has 0 bridgehead atoms. The van der Waals surface area contributed by atoms with Crippen LogP contribution >= 0.6 is 15.9 Å². The zero-order valence-corrected chi connectivity index (χ0v) is 11.2. The van der Waals surface area contributed by atoms with E-state index in [1.807, 2.05) is 13.1 Å². The Morgan fingerprint density at radius 1 is 1.47 bits per heavy atom. The van der Waals surface area contributed by atoms with Gasteiger partial charge in [0.2, 0.25) is 0 Å². The number of rotatable bonds is 1. The van der Waals surface area contributed by atoms with Gasteiger partial charge in [-0.3, -0.25) is 0 Å². The lowest BCUT2D eigenvalue weighted by molar-refractivity contribution is 0.628. The largest absolute Gasteiger partial charge is 0.346 e. The van der Waals surface area contributed by atoms with Crippen molar-refractivity contribution in [1.29, 1.82) is 0 Å². The molecule has 4 heteroatoms. The van der Waals surface area contributed by atoms with E-state index >= 15 is 0 Å². The van der Waals surface area contributed by atoms with Gasteiger partial charge in [0.15, 0.2) is 0 Å². The van der Waals surface area contributed by atoms with Crippen LogP contribution in [0.2, 0.25) is 0 Å². The average Bonchev–Trinajstić information content (AvgIpc) is 2.88. The molecular formula is C13H14BrFN2. The van der Waals surface area contributed by atoms with Gasteiger partial charge in [0.1, 0.15) is 5.82 Å². The summed E-state index contributed by atoms with van der Waals surface area (Å²) < 4.78 is 16.5. The lowest BCUT2D eigenvalue weighted by atomic mass is 10.0. The molecule has 1 atom stereocenters. The molecule has 3 rings (SSSR count). The maximum absolute atomic E-state index is 13.3. The molecule has 2 heterocycles. The number of benzene rings is 1. The fourth-order valence-electron chi connectivity index (χ4n) is 2.72. The van der Waals surface area contributed by atoms with Crippen LogP contribution in [0.3, 0.4) is 0 Å². The summed E-state index contributed by atoms with van der Waals surface area (Å²) in [5.74, 6) is 0.339. The molecule has 2 aromatic rings. The van der Waals surface area contributed by atoms with Crippen LogP contribution in [-0.2, 0) is 7.05 Å². The second-order valence-corrected chi connectivity index (χ2v) is 5.40. The van der Waals surface area contributed by atoms with Crippen molar-refractivity contribution in [2.45, 2.75) is 12.3 Å². The molecule has 0 aliphatic carbocycles. The van der Waals surface area contributed by atoms with Crippen molar-refractivity contribution in [3.8, 4) is 0 Å². The van der Waals surface area contributed by atoms with Crippen LogP contribution in [0.25, 0.3) is 10.9 Å². The SMILES string of the molecule is Cn1c(C2CCNC2)c(Br)c2ccc(F)cc21. The van der Waals surface area contributed by atoms with Crippen LogP contribution in [-0.4, -0.2) is 17.7 Å². The van der Waals surface area contributed by atoms with E-state index in [1.54, 1.807) is 6.07 Å². The summed E-state index contributed by atoms with van der Waals surface area (Å²) in [6.45, 7) is 2.07. The van der Waals surface area contributed by atoms with Crippen LogP contribution in [0.1, 0.15) is 18.0 Å². The van der Waals surface area contributed by atoms with Gasteiger partial charge in [0, 0.05) is 35.1 Å². The predicted molar refractivity (Wildman–Crippen MR) is 70.8 cm³/mol. The average molecular weight is 297 g/mol. The maximum Gasteiger partial charge on any atom is 0.125 e. The minimum atomic E-state index is -0.179. The van der Waals surface area contributed by atoms with E-state index < -0.39 is 0 Å². The first-order valence-corrected chi connectivity index (χ1v) is 6.62. The van der Waals surface area contributed by atoms with Crippen LogP contribution in [0.15, 0.2) is 22.7 Å². The highest BCUT2D eigenvalue weighted by Crippen LogP contribution is 2.37. The van der Waals surface area contributed by atoms with Gasteiger partial charge in [0.05, 0.1) is 5.52 Å². The van der Waals surface area contributed by atoms with E-state index in [-0.39, 0.29) is 5.82 Å². The normalized spacial score (nSPS) is 20.3. The van der Waals surface area contributed by atoms with Gasteiger partial charge in [-0.2, -0.15) is 0 Å². The highest BCUT2D eigenvalue weighted by molar-refractivity contribution is 9.10. The molecule has 1 saturated heterocycles. The lowest BCUT2D eigenvalue weighted by Gasteiger charge is -2.11. The number of hydrogen-bond acceptors (Lipinski definition) is 1. The molecule has 2 nitrogen and oxygen atoms in total. The molecule has 1 aromatic carbocycles. The number of aryl methyl sites for hydroxylation is 1. The summed E-state index contributed by atoms with van der Waals surface area (Å²) in [7, 11) is 2.01. The molecule has 0 spiro atoms. The first-order valence-electron chi connectivity index (χ1n) is 5.82. The number of nitrogens with one attached hydrogen (secondary N) is 1. The molecular weight excluding hydrogens is 283 g/mol. The Morgan fingerprint density at radius 2 is 2.29 bits per heavy atom. The van der Waals surface area contributed by atoms with E-state index in [4.69, 9.17) is 0 Å². The zero-order chi connectivity index (χ0) is 12.0. The summed E-state index contributed by atoms with van der Waals surface area (Å²) >= 11 is 3.67. The number of fused-ring (bicyclic) bond motifs is 1. The highest BCUT2D eigenvalue weighted by Gasteiger charge is 2.24. The van der Waals surface area contributed by atoms with Gasteiger partial charge in [-0.25, -0.2) is 4.39 Å². The van der Waals surface area contributed by atoms with Crippen LogP contribution < -0.4 is 5.32 Å². The second kappa shape index (κ2) is 4.10. The molecule has 1 unspecified atom stereocenters. The van der Waals surface area contributed by atoms with Crippen molar-refractivity contribution in [2.24, 2.45) is 7.05 Å². The molecule has 17 heavy (non-hydrogen) atoms. The number of halogens is 2. The first-order chi connectivity index (χ1) is 8.18. The predicted octanol–water partition coefficient (Wildman–Crippen LogP) is 3.16. The monoisotopic (exact) mass is 296 g/mol. The molecule has 1 aromatic heterocycles. The van der Waals surface area contributed by atoms with Crippen LogP contribution in [0, 0.1) is 5.82 Å². The highest BCUT2D eigenvalue weighted by atomic mass is 79.9. The van der Waals surface area contributed by atoms with Crippen molar-refractivity contribution in [1.82, 2.24) is 9.88 Å². The Bertz CT molecular complexity index is 570. The third-order valence-corrected chi connectivity index (χ3v) is 4.42. The smallest absolute Gasteiger partial charge is 0.125 e. The van der Waals surface area contributed by atoms with Crippen LogP contribution in [0.4, 0.5) is 4.39 Å². The fraction of sp³-hybridized carbons (Fsp3) is 0.385. The molecule has 0 saturated carbocycles. The van der Waals surface area contributed by atoms with Gasteiger partial charge in [-0.05, 0) is 47.1 Å². The van der Waals surface area contributed by atoms with E-state index in [0.717, 1.165) is 34.9 Å². The van der Waals surface area contributed by atoms with Gasteiger partial charge in [0.25, 0.3) is 0 Å². The Kier molecular flexibility index (Phi) is 2.71. The Morgan fingerprint density at radius 3 is 3.00 bits per heavy atom. The molecule has 1 aliphatic heterocycles. The summed E-state index contributed by atoms with van der Waals surface area (Å²) in [5.41, 5.74) is 2.23. The number of aromatic nitrogens is 1. The number of hydrogen-bond donors (Lipinski definition) is 1. The number of nitrogens with zero attached hydrogens (tertiary/aromatic N) is 1. The minimum absolute atomic E-state index is 0.179. The maximum atomic E-state index is 13.3. The van der Waals surface area contributed by atoms with Crippen LogP contribution in [0.5, 0.6) is 0 Å². The van der Waals surface area contributed by atoms with Crippen molar-refractivity contribution >= 4 is 26.8 Å². The standard InChI is InChI=1S/C13H14BrFN2/c1-17-11-6-9(15)2-3-10(11)12(14)13(17)8-4-5-16-7-8/h2-3,6,8,16H,4-5,7H2,1H3. The zero-order valence-electron chi connectivity index (χ0n) is 9.63. The quantitative estimate of drug-likeness (QED) is 0.855. The third-order valence-electron chi connectivity index (χ3n) is 3.59. The Balaban J connectivity index is 2.24. The molecule has 1 aliphatic rings. The molecule has 90 valence electrons. The summed E-state index contributed by atoms with van der Waals surface area (Å²) in [5, 5.41) is 4.47.